The average molecular weight is 337 g/mol. The molecule has 0 saturated carbocycles. The second-order valence-electron chi connectivity index (χ2n) is 5.49. The molecule has 3 aromatic rings. The van der Waals surface area contributed by atoms with Crippen molar-refractivity contribution in [2.75, 3.05) is 17.7 Å². The van der Waals surface area contributed by atoms with E-state index in [2.05, 4.69) is 26.9 Å². The smallest absolute Gasteiger partial charge is 0.337 e. The maximum absolute atomic E-state index is 12.3. The predicted molar refractivity (Wildman–Crippen MR) is 98.0 cm³/mol. The minimum absolute atomic E-state index is 0.343. The van der Waals surface area contributed by atoms with Gasteiger partial charge in [0.1, 0.15) is 0 Å². The van der Waals surface area contributed by atoms with Crippen molar-refractivity contribution in [1.82, 2.24) is 4.57 Å². The lowest BCUT2D eigenvalue weighted by Crippen LogP contribution is -2.19. The van der Waals surface area contributed by atoms with Gasteiger partial charge in [0.05, 0.1) is 23.9 Å². The lowest BCUT2D eigenvalue weighted by atomic mass is 10.2. The number of esters is 1. The third kappa shape index (κ3) is 3.47. The number of nitrogens with zero attached hydrogens (tertiary/aromatic N) is 1. The molecular weight excluding hydrogens is 318 g/mol. The standard InChI is InChI=1S/C19H19N3O3/c1-3-22-12-16(15-6-4-5-7-17(15)22)21-19(24)20-14-10-8-13(9-11-14)18(23)25-2/h4-12H,3H2,1-2H3,(H2,20,21,24). The molecule has 0 aliphatic heterocycles. The van der Waals surface area contributed by atoms with Crippen molar-refractivity contribution in [3.8, 4) is 0 Å². The predicted octanol–water partition coefficient (Wildman–Crippen LogP) is 4.09. The van der Waals surface area contributed by atoms with Gasteiger partial charge in [-0.3, -0.25) is 0 Å². The number of para-hydroxylation sites is 1. The van der Waals surface area contributed by atoms with E-state index in [1.54, 1.807) is 24.3 Å². The molecule has 0 fully saturated rings. The maximum Gasteiger partial charge on any atom is 0.337 e. The van der Waals surface area contributed by atoms with Gasteiger partial charge in [-0.1, -0.05) is 18.2 Å². The molecule has 0 aliphatic carbocycles. The van der Waals surface area contributed by atoms with Crippen LogP contribution >= 0.6 is 0 Å². The summed E-state index contributed by atoms with van der Waals surface area (Å²) < 4.78 is 6.73. The van der Waals surface area contributed by atoms with E-state index >= 15 is 0 Å². The monoisotopic (exact) mass is 337 g/mol. The number of urea groups is 1. The minimum Gasteiger partial charge on any atom is -0.465 e. The lowest BCUT2D eigenvalue weighted by Gasteiger charge is -2.07. The Bertz CT molecular complexity index is 913. The summed E-state index contributed by atoms with van der Waals surface area (Å²) in [6.45, 7) is 2.87. The number of ether oxygens (including phenoxy) is 1. The number of benzene rings is 2. The van der Waals surface area contributed by atoms with Gasteiger partial charge in [0.25, 0.3) is 0 Å². The van der Waals surface area contributed by atoms with E-state index in [-0.39, 0.29) is 6.03 Å². The molecule has 6 nitrogen and oxygen atoms in total. The van der Waals surface area contributed by atoms with Crippen LogP contribution in [0.25, 0.3) is 10.9 Å². The topological polar surface area (TPSA) is 72.4 Å². The molecule has 2 amide bonds. The molecule has 2 aromatic carbocycles. The van der Waals surface area contributed by atoms with Gasteiger partial charge < -0.3 is 19.9 Å². The van der Waals surface area contributed by atoms with Crippen LogP contribution in [0.3, 0.4) is 0 Å². The number of carbonyl (C=O) groups is 2. The Morgan fingerprint density at radius 3 is 2.44 bits per heavy atom. The van der Waals surface area contributed by atoms with Gasteiger partial charge in [0.2, 0.25) is 0 Å². The number of fused-ring (bicyclic) bond motifs is 1. The SMILES string of the molecule is CCn1cc(NC(=O)Nc2ccc(C(=O)OC)cc2)c2ccccc21. The molecule has 0 unspecified atom stereocenters. The largest absolute Gasteiger partial charge is 0.465 e. The third-order valence-electron chi connectivity index (χ3n) is 3.94. The molecule has 3 rings (SSSR count). The van der Waals surface area contributed by atoms with Gasteiger partial charge in [0.15, 0.2) is 0 Å². The first-order valence-electron chi connectivity index (χ1n) is 7.96. The Kier molecular flexibility index (Phi) is 4.70. The Labute approximate surface area is 145 Å². The van der Waals surface area contributed by atoms with E-state index in [9.17, 15) is 9.59 Å². The summed E-state index contributed by atoms with van der Waals surface area (Å²) in [6.07, 6.45) is 1.92. The number of hydrogen-bond acceptors (Lipinski definition) is 3. The van der Waals surface area contributed by atoms with E-state index in [0.29, 0.717) is 11.3 Å². The minimum atomic E-state index is -0.414. The summed E-state index contributed by atoms with van der Waals surface area (Å²) in [7, 11) is 1.33. The van der Waals surface area contributed by atoms with Crippen molar-refractivity contribution in [2.24, 2.45) is 0 Å². The van der Waals surface area contributed by atoms with Crippen molar-refractivity contribution < 1.29 is 14.3 Å². The van der Waals surface area contributed by atoms with Gasteiger partial charge in [-0.25, -0.2) is 9.59 Å². The van der Waals surface area contributed by atoms with Crippen molar-refractivity contribution in [3.63, 3.8) is 0 Å². The Hall–Kier alpha value is -3.28. The molecule has 1 heterocycles. The van der Waals surface area contributed by atoms with Crippen LogP contribution in [0.15, 0.2) is 54.7 Å². The number of amides is 2. The van der Waals surface area contributed by atoms with Crippen LogP contribution in [0.4, 0.5) is 16.2 Å². The van der Waals surface area contributed by atoms with Crippen molar-refractivity contribution in [1.29, 1.82) is 0 Å². The summed E-state index contributed by atoms with van der Waals surface area (Å²) in [5, 5.41) is 6.62. The second-order valence-corrected chi connectivity index (χ2v) is 5.49. The number of aromatic nitrogens is 1. The van der Waals surface area contributed by atoms with E-state index in [1.807, 2.05) is 30.5 Å². The van der Waals surface area contributed by atoms with Crippen LogP contribution in [0, 0.1) is 0 Å². The summed E-state index contributed by atoms with van der Waals surface area (Å²) in [5.74, 6) is -0.414. The fourth-order valence-corrected chi connectivity index (χ4v) is 2.70. The second kappa shape index (κ2) is 7.09. The van der Waals surface area contributed by atoms with Crippen molar-refractivity contribution in [3.05, 3.63) is 60.3 Å². The highest BCUT2D eigenvalue weighted by atomic mass is 16.5. The zero-order valence-electron chi connectivity index (χ0n) is 14.1. The summed E-state index contributed by atoms with van der Waals surface area (Å²) in [4.78, 5) is 23.7. The molecule has 2 N–H and O–H groups in total. The Morgan fingerprint density at radius 2 is 1.76 bits per heavy atom. The highest BCUT2D eigenvalue weighted by Gasteiger charge is 2.11. The number of rotatable bonds is 4. The van der Waals surface area contributed by atoms with E-state index in [1.165, 1.54) is 7.11 Å². The van der Waals surface area contributed by atoms with Gasteiger partial charge in [-0.2, -0.15) is 0 Å². The first kappa shape index (κ1) is 16.6. The molecular formula is C19H19N3O3. The van der Waals surface area contributed by atoms with Crippen LogP contribution in [-0.4, -0.2) is 23.7 Å². The number of aryl methyl sites for hydroxylation is 1. The highest BCUT2D eigenvalue weighted by molar-refractivity contribution is 6.06. The molecule has 0 aliphatic rings. The van der Waals surface area contributed by atoms with Crippen molar-refractivity contribution in [2.45, 2.75) is 13.5 Å². The van der Waals surface area contributed by atoms with Gasteiger partial charge in [0, 0.05) is 23.8 Å². The summed E-state index contributed by atoms with van der Waals surface area (Å²) in [6, 6.07) is 14.1. The maximum atomic E-state index is 12.3. The molecule has 25 heavy (non-hydrogen) atoms. The molecule has 0 saturated heterocycles. The Morgan fingerprint density at radius 1 is 1.04 bits per heavy atom. The average Bonchev–Trinajstić information content (AvgIpc) is 2.99. The first-order valence-corrected chi connectivity index (χ1v) is 7.96. The quantitative estimate of drug-likeness (QED) is 0.704. The number of anilines is 2. The van der Waals surface area contributed by atoms with Crippen molar-refractivity contribution >= 4 is 34.3 Å². The number of nitrogens with one attached hydrogen (secondary N) is 2. The molecule has 0 spiro atoms. The number of methoxy groups -OCH3 is 1. The normalized spacial score (nSPS) is 10.5. The lowest BCUT2D eigenvalue weighted by molar-refractivity contribution is 0.0601. The molecule has 1 aromatic heterocycles. The van der Waals surface area contributed by atoms with Crippen LogP contribution in [0.2, 0.25) is 0 Å². The van der Waals surface area contributed by atoms with Gasteiger partial charge in [-0.15, -0.1) is 0 Å². The fraction of sp³-hybridized carbons (Fsp3) is 0.158. The highest BCUT2D eigenvalue weighted by Crippen LogP contribution is 2.26. The number of hydrogen-bond donors (Lipinski definition) is 2. The molecule has 128 valence electrons. The molecule has 0 atom stereocenters. The van der Waals surface area contributed by atoms with E-state index < -0.39 is 5.97 Å². The van der Waals surface area contributed by atoms with Crippen LogP contribution in [-0.2, 0) is 11.3 Å². The van der Waals surface area contributed by atoms with Gasteiger partial charge in [-0.05, 0) is 37.3 Å². The van der Waals surface area contributed by atoms with E-state index in [4.69, 9.17) is 0 Å². The van der Waals surface area contributed by atoms with Crippen LogP contribution < -0.4 is 10.6 Å². The Balaban J connectivity index is 1.74. The van der Waals surface area contributed by atoms with E-state index in [0.717, 1.165) is 23.1 Å². The summed E-state index contributed by atoms with van der Waals surface area (Å²) in [5.41, 5.74) is 2.84. The zero-order valence-corrected chi connectivity index (χ0v) is 14.1. The molecule has 6 heteroatoms. The molecule has 0 radical (unpaired) electrons. The number of carbonyl (C=O) groups excluding carboxylic acids is 2. The fourth-order valence-electron chi connectivity index (χ4n) is 2.70. The first-order chi connectivity index (χ1) is 12.1. The summed E-state index contributed by atoms with van der Waals surface area (Å²) >= 11 is 0. The zero-order chi connectivity index (χ0) is 17.8. The van der Waals surface area contributed by atoms with Crippen LogP contribution in [0.5, 0.6) is 0 Å². The van der Waals surface area contributed by atoms with Crippen LogP contribution in [0.1, 0.15) is 17.3 Å². The third-order valence-corrected chi connectivity index (χ3v) is 3.94. The molecule has 0 bridgehead atoms. The van der Waals surface area contributed by atoms with Gasteiger partial charge >= 0.3 is 12.0 Å².